The van der Waals surface area contributed by atoms with Crippen LogP contribution >= 0.6 is 0 Å². The fraction of sp³-hybridized carbons (Fsp3) is 0.350. The molecule has 1 aliphatic rings. The van der Waals surface area contributed by atoms with Crippen LogP contribution in [-0.4, -0.2) is 56.7 Å². The van der Waals surface area contributed by atoms with Gasteiger partial charge in [0, 0.05) is 39.3 Å². The van der Waals surface area contributed by atoms with E-state index in [0.717, 1.165) is 32.7 Å². The molecule has 0 aliphatic carbocycles. The van der Waals surface area contributed by atoms with Crippen LogP contribution in [0.5, 0.6) is 5.75 Å². The molecular formula is C20H24FN3O2. The van der Waals surface area contributed by atoms with Crippen LogP contribution in [0.15, 0.2) is 54.6 Å². The zero-order valence-corrected chi connectivity index (χ0v) is 14.7. The first-order valence-corrected chi connectivity index (χ1v) is 8.89. The summed E-state index contributed by atoms with van der Waals surface area (Å²) < 4.78 is 19.3. The molecule has 1 amide bonds. The molecule has 1 N–H and O–H groups in total. The van der Waals surface area contributed by atoms with Gasteiger partial charge in [-0.05, 0) is 24.3 Å². The maximum atomic E-state index is 13.8. The van der Waals surface area contributed by atoms with E-state index < -0.39 is 0 Å². The average Bonchev–Trinajstić information content (AvgIpc) is 2.68. The highest BCUT2D eigenvalue weighted by Gasteiger charge is 2.18. The number of para-hydroxylation sites is 2. The van der Waals surface area contributed by atoms with Crippen LogP contribution < -0.4 is 15.0 Å². The van der Waals surface area contributed by atoms with E-state index in [1.165, 1.54) is 6.07 Å². The first kappa shape index (κ1) is 18.2. The Morgan fingerprint density at radius 1 is 1.00 bits per heavy atom. The van der Waals surface area contributed by atoms with E-state index >= 15 is 0 Å². The molecule has 2 aromatic rings. The van der Waals surface area contributed by atoms with Crippen molar-refractivity contribution in [2.45, 2.75) is 0 Å². The van der Waals surface area contributed by atoms with Gasteiger partial charge < -0.3 is 15.0 Å². The van der Waals surface area contributed by atoms with Gasteiger partial charge in [0.05, 0.1) is 5.69 Å². The first-order valence-electron chi connectivity index (χ1n) is 8.89. The van der Waals surface area contributed by atoms with E-state index in [4.69, 9.17) is 4.74 Å². The molecule has 1 heterocycles. The zero-order valence-electron chi connectivity index (χ0n) is 14.7. The molecule has 138 valence electrons. The Balaban J connectivity index is 1.32. The average molecular weight is 357 g/mol. The van der Waals surface area contributed by atoms with Gasteiger partial charge in [-0.2, -0.15) is 0 Å². The lowest BCUT2D eigenvalue weighted by Gasteiger charge is -2.36. The zero-order chi connectivity index (χ0) is 18.2. The van der Waals surface area contributed by atoms with Crippen molar-refractivity contribution in [1.82, 2.24) is 10.2 Å². The van der Waals surface area contributed by atoms with Gasteiger partial charge in [0.1, 0.15) is 11.6 Å². The molecule has 0 radical (unpaired) electrons. The number of hydrogen-bond acceptors (Lipinski definition) is 4. The minimum absolute atomic E-state index is 0.0189. The van der Waals surface area contributed by atoms with Crippen molar-refractivity contribution >= 4 is 11.6 Å². The number of benzene rings is 2. The number of carbonyl (C=O) groups is 1. The topological polar surface area (TPSA) is 44.8 Å². The Labute approximate surface area is 153 Å². The van der Waals surface area contributed by atoms with Crippen molar-refractivity contribution in [2.24, 2.45) is 0 Å². The summed E-state index contributed by atoms with van der Waals surface area (Å²) in [5, 5.41) is 2.87. The second-order valence-corrected chi connectivity index (χ2v) is 6.23. The number of halogens is 1. The van der Waals surface area contributed by atoms with E-state index in [-0.39, 0.29) is 18.3 Å². The fourth-order valence-corrected chi connectivity index (χ4v) is 2.99. The summed E-state index contributed by atoms with van der Waals surface area (Å²) in [6.07, 6.45) is 0. The predicted octanol–water partition coefficient (Wildman–Crippen LogP) is 2.14. The van der Waals surface area contributed by atoms with E-state index in [1.807, 2.05) is 42.5 Å². The van der Waals surface area contributed by atoms with Crippen molar-refractivity contribution < 1.29 is 13.9 Å². The summed E-state index contributed by atoms with van der Waals surface area (Å²) in [6.45, 7) is 4.65. The third-order valence-corrected chi connectivity index (χ3v) is 4.43. The summed E-state index contributed by atoms with van der Waals surface area (Å²) in [5.74, 6) is 0.386. The van der Waals surface area contributed by atoms with E-state index in [1.54, 1.807) is 6.07 Å². The molecule has 2 aromatic carbocycles. The molecule has 0 spiro atoms. The summed E-state index contributed by atoms with van der Waals surface area (Å²) >= 11 is 0. The molecule has 1 aliphatic heterocycles. The lowest BCUT2D eigenvalue weighted by Crippen LogP contribution is -2.49. The Morgan fingerprint density at radius 3 is 2.42 bits per heavy atom. The van der Waals surface area contributed by atoms with E-state index in [9.17, 15) is 9.18 Å². The van der Waals surface area contributed by atoms with Gasteiger partial charge in [0.15, 0.2) is 6.61 Å². The van der Waals surface area contributed by atoms with E-state index in [2.05, 4.69) is 15.1 Å². The number of rotatable bonds is 7. The van der Waals surface area contributed by atoms with Crippen molar-refractivity contribution in [3.63, 3.8) is 0 Å². The van der Waals surface area contributed by atoms with Gasteiger partial charge in [-0.15, -0.1) is 0 Å². The first-order chi connectivity index (χ1) is 12.7. The molecule has 0 bridgehead atoms. The van der Waals surface area contributed by atoms with Crippen molar-refractivity contribution in [2.75, 3.05) is 50.8 Å². The van der Waals surface area contributed by atoms with Gasteiger partial charge in [0.2, 0.25) is 0 Å². The maximum absolute atomic E-state index is 13.8. The standard InChI is InChI=1S/C20H24FN3O2/c21-18-8-4-5-9-19(18)24-14-12-23(13-15-24)11-10-22-20(25)16-26-17-6-2-1-3-7-17/h1-9H,10-16H2,(H,22,25). The second kappa shape index (κ2) is 9.20. The normalized spacial score (nSPS) is 14.9. The largest absolute Gasteiger partial charge is 0.484 e. The van der Waals surface area contributed by atoms with Crippen LogP contribution in [0.2, 0.25) is 0 Å². The maximum Gasteiger partial charge on any atom is 0.257 e. The lowest BCUT2D eigenvalue weighted by molar-refractivity contribution is -0.123. The molecule has 1 saturated heterocycles. The van der Waals surface area contributed by atoms with Crippen LogP contribution in [0.4, 0.5) is 10.1 Å². The van der Waals surface area contributed by atoms with E-state index in [0.29, 0.717) is 18.0 Å². The minimum Gasteiger partial charge on any atom is -0.484 e. The fourth-order valence-electron chi connectivity index (χ4n) is 2.99. The highest BCUT2D eigenvalue weighted by molar-refractivity contribution is 5.77. The van der Waals surface area contributed by atoms with Gasteiger partial charge in [0.25, 0.3) is 5.91 Å². The number of amides is 1. The third kappa shape index (κ3) is 5.20. The van der Waals surface area contributed by atoms with Crippen molar-refractivity contribution in [1.29, 1.82) is 0 Å². The Morgan fingerprint density at radius 2 is 1.69 bits per heavy atom. The van der Waals surface area contributed by atoms with Gasteiger partial charge in [-0.1, -0.05) is 30.3 Å². The molecule has 5 nitrogen and oxygen atoms in total. The van der Waals surface area contributed by atoms with Gasteiger partial charge in [-0.25, -0.2) is 4.39 Å². The molecule has 6 heteroatoms. The quantitative estimate of drug-likeness (QED) is 0.825. The summed E-state index contributed by atoms with van der Waals surface area (Å²) in [6, 6.07) is 16.2. The van der Waals surface area contributed by atoms with Crippen molar-refractivity contribution in [3.8, 4) is 5.75 Å². The molecule has 0 saturated carbocycles. The van der Waals surface area contributed by atoms with Crippen LogP contribution in [0.25, 0.3) is 0 Å². The van der Waals surface area contributed by atoms with Crippen LogP contribution in [0.3, 0.4) is 0 Å². The molecule has 26 heavy (non-hydrogen) atoms. The predicted molar refractivity (Wildman–Crippen MR) is 100.0 cm³/mol. The van der Waals surface area contributed by atoms with Crippen molar-refractivity contribution in [3.05, 3.63) is 60.4 Å². The smallest absolute Gasteiger partial charge is 0.257 e. The molecular weight excluding hydrogens is 333 g/mol. The minimum atomic E-state index is -0.174. The lowest BCUT2D eigenvalue weighted by atomic mass is 10.2. The number of carbonyl (C=O) groups excluding carboxylic acids is 1. The molecule has 0 aromatic heterocycles. The molecule has 0 atom stereocenters. The van der Waals surface area contributed by atoms with Crippen LogP contribution in [0.1, 0.15) is 0 Å². The Hall–Kier alpha value is -2.60. The van der Waals surface area contributed by atoms with Gasteiger partial charge >= 0.3 is 0 Å². The Bertz CT molecular complexity index is 703. The number of nitrogens with zero attached hydrogens (tertiary/aromatic N) is 2. The van der Waals surface area contributed by atoms with Gasteiger partial charge in [-0.3, -0.25) is 9.69 Å². The highest BCUT2D eigenvalue weighted by Crippen LogP contribution is 2.19. The summed E-state index contributed by atoms with van der Waals surface area (Å²) in [5.41, 5.74) is 0.665. The number of hydrogen-bond donors (Lipinski definition) is 1. The molecule has 0 unspecified atom stereocenters. The third-order valence-electron chi connectivity index (χ3n) is 4.43. The number of ether oxygens (including phenoxy) is 1. The number of anilines is 1. The Kier molecular flexibility index (Phi) is 6.44. The van der Waals surface area contributed by atoms with Crippen LogP contribution in [-0.2, 0) is 4.79 Å². The SMILES string of the molecule is O=C(COc1ccccc1)NCCN1CCN(c2ccccc2F)CC1. The second-order valence-electron chi connectivity index (χ2n) is 6.23. The van der Waals surface area contributed by atoms with Crippen LogP contribution in [0, 0.1) is 5.82 Å². The molecule has 1 fully saturated rings. The number of nitrogens with one attached hydrogen (secondary N) is 1. The summed E-state index contributed by atoms with van der Waals surface area (Å²) in [4.78, 5) is 16.2. The highest BCUT2D eigenvalue weighted by atomic mass is 19.1. The summed E-state index contributed by atoms with van der Waals surface area (Å²) in [7, 11) is 0. The number of piperazine rings is 1. The monoisotopic (exact) mass is 357 g/mol. The molecule has 3 rings (SSSR count).